The van der Waals surface area contributed by atoms with Crippen molar-refractivity contribution in [2.24, 2.45) is 11.8 Å². The van der Waals surface area contributed by atoms with Crippen LogP contribution in [-0.2, 0) is 33.9 Å². The van der Waals surface area contributed by atoms with Crippen molar-refractivity contribution < 1.29 is 46.6 Å². The maximum Gasteiger partial charge on any atom is 0.408 e. The Balaban J connectivity index is 1.23. The van der Waals surface area contributed by atoms with Crippen LogP contribution < -0.4 is 35.5 Å². The highest BCUT2D eigenvalue weighted by atomic mass is 32.2. The molecule has 2 aromatic carbocycles. The van der Waals surface area contributed by atoms with Gasteiger partial charge in [0.1, 0.15) is 51.4 Å². The monoisotopic (exact) mass is 972 g/mol. The number of aromatic nitrogens is 2. The Labute approximate surface area is 400 Å². The Morgan fingerprint density at radius 3 is 2.49 bits per heavy atom. The quantitative estimate of drug-likeness (QED) is 0.101. The second kappa shape index (κ2) is 20.1. The fraction of sp³-hybridized carbons (Fsp3) is 0.479. The van der Waals surface area contributed by atoms with Gasteiger partial charge >= 0.3 is 6.09 Å². The lowest BCUT2D eigenvalue weighted by atomic mass is 10.0. The van der Waals surface area contributed by atoms with E-state index in [1.165, 1.54) is 34.4 Å². The number of carbonyl (C=O) groups is 5. The van der Waals surface area contributed by atoms with Gasteiger partial charge in [-0.05, 0) is 90.5 Å². The van der Waals surface area contributed by atoms with Crippen molar-refractivity contribution in [3.63, 3.8) is 0 Å². The molecular weight excluding hydrogens is 913 g/mol. The van der Waals surface area contributed by atoms with Gasteiger partial charge in [-0.2, -0.15) is 0 Å². The van der Waals surface area contributed by atoms with Gasteiger partial charge in [0.05, 0.1) is 30.6 Å². The van der Waals surface area contributed by atoms with Crippen LogP contribution in [0.15, 0.2) is 71.0 Å². The summed E-state index contributed by atoms with van der Waals surface area (Å²) in [4.78, 5) is 80.7. The van der Waals surface area contributed by atoms with Crippen LogP contribution in [0, 0.1) is 11.8 Å². The molecule has 1 saturated carbocycles. The minimum absolute atomic E-state index is 0.00906. The average Bonchev–Trinajstić information content (AvgIpc) is 3.52. The van der Waals surface area contributed by atoms with Crippen LogP contribution in [0.5, 0.6) is 11.5 Å². The summed E-state index contributed by atoms with van der Waals surface area (Å²) >= 11 is 1.43. The van der Waals surface area contributed by atoms with Crippen molar-refractivity contribution in [2.75, 3.05) is 24.3 Å². The predicted molar refractivity (Wildman–Crippen MR) is 258 cm³/mol. The third-order valence-electron chi connectivity index (χ3n) is 11.7. The summed E-state index contributed by atoms with van der Waals surface area (Å²) in [6.45, 7) is 12.5. The Kier molecular flexibility index (Phi) is 14.7. The number of methoxy groups -OCH3 is 1. The normalized spacial score (nSPS) is 22.6. The summed E-state index contributed by atoms with van der Waals surface area (Å²) in [6, 6.07) is 10.6. The zero-order valence-corrected chi connectivity index (χ0v) is 41.1. The third-order valence-corrected chi connectivity index (χ3v) is 13.9. The number of nitrogens with one attached hydrogen (secondary N) is 5. The van der Waals surface area contributed by atoms with Gasteiger partial charge in [-0.15, -0.1) is 11.3 Å². The highest BCUT2D eigenvalue weighted by molar-refractivity contribution is 7.90. The lowest BCUT2D eigenvalue weighted by molar-refractivity contribution is -0.141. The summed E-state index contributed by atoms with van der Waals surface area (Å²) in [5, 5.41) is 14.8. The Morgan fingerprint density at radius 1 is 1.00 bits per heavy atom. The van der Waals surface area contributed by atoms with Crippen LogP contribution in [-0.4, -0.2) is 102 Å². The standard InChI is InChI=1S/C48H60N8O10S2/c1-27(2)41(53-46(61)66-47(5,6)7)43(59)56-25-31(65-38-23-35(36-26-67-45(52-36)49-28(3)4)50-34-21-30(64-8)19-20-32(34)38)22-37(56)42(58)54-48-24-29(48)15-11-9-10-12-18-40(57)51-33-16-13-14-17-39(33)68(62,63)55-44(48)60/h11,13-17,19-21,23,26-29,31,37,41H,9-10,12,18,22,24-25H2,1-8H3,(H,49,52)(H,51,57)(H,53,61)(H,54,58)(H,55,60)/b15-11-/t29-,31+,37-,41-,48+/m0/s1. The molecule has 5 N–H and O–H groups in total. The fourth-order valence-electron chi connectivity index (χ4n) is 8.30. The molecule has 2 aliphatic heterocycles. The number of pyridine rings is 1. The Hall–Kier alpha value is -6.28. The number of ether oxygens (including phenoxy) is 3. The number of hydrogen-bond donors (Lipinski definition) is 5. The third kappa shape index (κ3) is 11.5. The van der Waals surface area contributed by atoms with Crippen LogP contribution in [0.25, 0.3) is 22.3 Å². The number of anilines is 2. The zero-order valence-electron chi connectivity index (χ0n) is 39.5. The van der Waals surface area contributed by atoms with Gasteiger partial charge < -0.3 is 40.4 Å². The Bertz CT molecular complexity index is 2720. The lowest BCUT2D eigenvalue weighted by Crippen LogP contribution is -2.59. The second-order valence-corrected chi connectivity index (χ2v) is 21.5. The summed E-state index contributed by atoms with van der Waals surface area (Å²) in [6.07, 6.45) is 3.96. The number of carbonyl (C=O) groups excluding carboxylic acids is 5. The molecule has 0 radical (unpaired) electrons. The molecule has 3 aliphatic rings. The summed E-state index contributed by atoms with van der Waals surface area (Å²) < 4.78 is 47.8. The van der Waals surface area contributed by atoms with Crippen molar-refractivity contribution >= 4 is 72.8 Å². The molecule has 0 bridgehead atoms. The first-order valence-corrected chi connectivity index (χ1v) is 25.2. The molecule has 0 unspecified atom stereocenters. The van der Waals surface area contributed by atoms with Crippen molar-refractivity contribution in [1.82, 2.24) is 30.2 Å². The van der Waals surface area contributed by atoms with Crippen molar-refractivity contribution in [1.29, 1.82) is 0 Å². The van der Waals surface area contributed by atoms with Crippen molar-refractivity contribution in [3.05, 3.63) is 66.1 Å². The average molecular weight is 973 g/mol. The number of benzene rings is 2. The molecule has 4 aromatic rings. The van der Waals surface area contributed by atoms with Crippen LogP contribution in [0.4, 0.5) is 15.6 Å². The largest absolute Gasteiger partial charge is 0.497 e. The van der Waals surface area contributed by atoms with E-state index >= 15 is 0 Å². The molecule has 20 heteroatoms. The molecule has 7 rings (SSSR count). The molecule has 1 saturated heterocycles. The summed E-state index contributed by atoms with van der Waals surface area (Å²) in [5.74, 6) is -2.76. The van der Waals surface area contributed by atoms with Gasteiger partial charge in [-0.25, -0.2) is 27.9 Å². The van der Waals surface area contributed by atoms with Crippen LogP contribution in [0.1, 0.15) is 87.0 Å². The number of rotatable bonds is 11. The van der Waals surface area contributed by atoms with Gasteiger partial charge in [0.25, 0.3) is 15.9 Å². The van der Waals surface area contributed by atoms with E-state index in [-0.39, 0.29) is 48.3 Å². The van der Waals surface area contributed by atoms with E-state index in [9.17, 15) is 32.4 Å². The van der Waals surface area contributed by atoms with E-state index in [4.69, 9.17) is 24.2 Å². The molecule has 4 heterocycles. The molecule has 2 fully saturated rings. The van der Waals surface area contributed by atoms with Gasteiger partial charge in [0, 0.05) is 47.7 Å². The lowest BCUT2D eigenvalue weighted by Gasteiger charge is -2.31. The number of likely N-dealkylation sites (tertiary alicyclic amines) is 1. The van der Waals surface area contributed by atoms with Gasteiger partial charge in [0.15, 0.2) is 5.13 Å². The van der Waals surface area contributed by atoms with Gasteiger partial charge in [-0.3, -0.25) is 19.2 Å². The first-order chi connectivity index (χ1) is 32.2. The molecule has 1 aliphatic carbocycles. The number of fused-ring (bicyclic) bond motifs is 3. The SMILES string of the molecule is COc1ccc2c(O[C@@H]3C[C@@H](C(=O)N[C@]45C[C@@H]4/C=C\CCCCC(=O)Nc4ccccc4S(=O)(=O)NC5=O)N(C(=O)[C@@H](NC(=O)OC(C)(C)C)C(C)C)C3)cc(-c3csc(NC(C)C)n3)nc2c1. The van der Waals surface area contributed by atoms with E-state index in [0.29, 0.717) is 58.2 Å². The molecule has 364 valence electrons. The summed E-state index contributed by atoms with van der Waals surface area (Å²) in [7, 11) is -3.03. The second-order valence-electron chi connectivity index (χ2n) is 19.0. The Morgan fingerprint density at radius 2 is 1.76 bits per heavy atom. The molecule has 0 spiro atoms. The number of allylic oxidation sites excluding steroid dienone is 1. The maximum absolute atomic E-state index is 14.9. The number of nitrogens with zero attached hydrogens (tertiary/aromatic N) is 3. The highest BCUT2D eigenvalue weighted by Gasteiger charge is 2.62. The van der Waals surface area contributed by atoms with Gasteiger partial charge in [0.2, 0.25) is 17.7 Å². The zero-order chi connectivity index (χ0) is 49.1. The minimum atomic E-state index is -4.58. The molecule has 68 heavy (non-hydrogen) atoms. The first kappa shape index (κ1) is 49.6. The highest BCUT2D eigenvalue weighted by Crippen LogP contribution is 2.46. The minimum Gasteiger partial charge on any atom is -0.497 e. The smallest absolute Gasteiger partial charge is 0.408 e. The number of sulfonamides is 1. The maximum atomic E-state index is 14.9. The van der Waals surface area contributed by atoms with Crippen molar-refractivity contribution in [2.45, 2.75) is 127 Å². The van der Waals surface area contributed by atoms with E-state index in [1.54, 1.807) is 72.1 Å². The summed E-state index contributed by atoms with van der Waals surface area (Å²) in [5.41, 5.74) is -0.916. The molecule has 5 amide bonds. The van der Waals surface area contributed by atoms with E-state index in [0.717, 1.165) is 0 Å². The number of alkyl carbamates (subject to hydrolysis) is 1. The number of amides is 5. The van der Waals surface area contributed by atoms with Crippen LogP contribution >= 0.6 is 11.3 Å². The van der Waals surface area contributed by atoms with E-state index in [1.807, 2.05) is 31.4 Å². The number of para-hydroxylation sites is 1. The topological polar surface area (TPSA) is 236 Å². The van der Waals surface area contributed by atoms with Crippen molar-refractivity contribution in [3.8, 4) is 22.9 Å². The molecule has 18 nitrogen and oxygen atoms in total. The molecular formula is C48H60N8O10S2. The number of thiazole rings is 1. The van der Waals surface area contributed by atoms with Crippen LogP contribution in [0.2, 0.25) is 0 Å². The van der Waals surface area contributed by atoms with Crippen LogP contribution in [0.3, 0.4) is 0 Å². The molecule has 2 aromatic heterocycles. The van der Waals surface area contributed by atoms with Gasteiger partial charge in [-0.1, -0.05) is 38.1 Å². The van der Waals surface area contributed by atoms with E-state index in [2.05, 4.69) is 26.0 Å². The molecule has 5 atom stereocenters. The fourth-order valence-corrected chi connectivity index (χ4v) is 10.4. The number of hydrogen-bond acceptors (Lipinski definition) is 14. The first-order valence-electron chi connectivity index (χ1n) is 22.8. The predicted octanol–water partition coefficient (Wildman–Crippen LogP) is 6.53. The van der Waals surface area contributed by atoms with E-state index < -0.39 is 75.0 Å².